The van der Waals surface area contributed by atoms with Crippen LogP contribution in [-0.2, 0) is 6.42 Å². The topological polar surface area (TPSA) is 63.3 Å². The molecule has 1 N–H and O–H groups in total. The van der Waals surface area contributed by atoms with Crippen LogP contribution >= 0.6 is 11.8 Å². The predicted molar refractivity (Wildman–Crippen MR) is 64.6 cm³/mol. The highest BCUT2D eigenvalue weighted by molar-refractivity contribution is 8.13. The van der Waals surface area contributed by atoms with Crippen molar-refractivity contribution in [2.75, 3.05) is 12.3 Å². The van der Waals surface area contributed by atoms with E-state index in [0.29, 0.717) is 24.9 Å². The molecule has 2 rings (SSSR count). The van der Waals surface area contributed by atoms with Crippen LogP contribution in [0.15, 0.2) is 15.8 Å². The lowest BCUT2D eigenvalue weighted by molar-refractivity contribution is 0.379. The van der Waals surface area contributed by atoms with E-state index in [4.69, 9.17) is 4.52 Å². The molecule has 1 fully saturated rings. The number of thioether (sulfide) groups is 1. The molecule has 1 unspecified atom stereocenters. The Bertz CT molecular complexity index is 339. The molecule has 0 bridgehead atoms. The number of nitrogens with one attached hydrogen (secondary N) is 1. The minimum absolute atomic E-state index is 0.586. The van der Waals surface area contributed by atoms with Crippen LogP contribution in [0.4, 0.5) is 0 Å². The quantitative estimate of drug-likeness (QED) is 0.863. The van der Waals surface area contributed by atoms with Gasteiger partial charge in [0.25, 0.3) is 0 Å². The number of hydrogen-bond acceptors (Lipinski definition) is 5. The molecule has 88 valence electrons. The average molecular weight is 240 g/mol. The van der Waals surface area contributed by atoms with Crippen LogP contribution in [0.3, 0.4) is 0 Å². The molecule has 1 aliphatic heterocycles. The summed E-state index contributed by atoms with van der Waals surface area (Å²) in [6.45, 7) is 2.90. The van der Waals surface area contributed by atoms with Crippen molar-refractivity contribution in [3.63, 3.8) is 0 Å². The molecule has 1 aromatic heterocycles. The van der Waals surface area contributed by atoms with Gasteiger partial charge in [-0.2, -0.15) is 4.98 Å². The summed E-state index contributed by atoms with van der Waals surface area (Å²) >= 11 is 1.79. The Hall–Kier alpha value is -1.04. The van der Waals surface area contributed by atoms with E-state index < -0.39 is 0 Å². The number of rotatable bonds is 4. The lowest BCUT2D eigenvalue weighted by Gasteiger charge is -2.24. The van der Waals surface area contributed by atoms with E-state index in [1.165, 1.54) is 12.7 Å². The van der Waals surface area contributed by atoms with Crippen LogP contribution in [0.2, 0.25) is 0 Å². The van der Waals surface area contributed by atoms with Gasteiger partial charge in [-0.05, 0) is 12.8 Å². The SMILES string of the molecule is CCC1CCSC(=NCCc2ncno2)N1. The summed E-state index contributed by atoms with van der Waals surface area (Å²) in [6, 6.07) is 0.586. The molecule has 1 aliphatic rings. The number of amidine groups is 1. The predicted octanol–water partition coefficient (Wildman–Crippen LogP) is 1.47. The Morgan fingerprint density at radius 2 is 2.62 bits per heavy atom. The fourth-order valence-electron chi connectivity index (χ4n) is 1.54. The van der Waals surface area contributed by atoms with Gasteiger partial charge >= 0.3 is 0 Å². The smallest absolute Gasteiger partial charge is 0.228 e. The second-order valence-corrected chi connectivity index (χ2v) is 4.74. The van der Waals surface area contributed by atoms with Crippen LogP contribution in [0.1, 0.15) is 25.7 Å². The fraction of sp³-hybridized carbons (Fsp3) is 0.700. The van der Waals surface area contributed by atoms with Gasteiger partial charge in [-0.25, -0.2) is 0 Å². The maximum atomic E-state index is 4.91. The maximum Gasteiger partial charge on any atom is 0.228 e. The third-order valence-corrected chi connectivity index (χ3v) is 3.47. The van der Waals surface area contributed by atoms with Gasteiger partial charge in [0.15, 0.2) is 11.5 Å². The molecule has 1 saturated heterocycles. The minimum atomic E-state index is 0.586. The van der Waals surface area contributed by atoms with Gasteiger partial charge in [-0.3, -0.25) is 4.99 Å². The summed E-state index contributed by atoms with van der Waals surface area (Å²) in [5.74, 6) is 1.81. The molecule has 1 aromatic rings. The van der Waals surface area contributed by atoms with Crippen molar-refractivity contribution >= 4 is 16.9 Å². The molecule has 0 spiro atoms. The third-order valence-electron chi connectivity index (χ3n) is 2.51. The number of nitrogens with zero attached hydrogens (tertiary/aromatic N) is 3. The monoisotopic (exact) mass is 240 g/mol. The van der Waals surface area contributed by atoms with E-state index in [1.54, 1.807) is 11.8 Å². The summed E-state index contributed by atoms with van der Waals surface area (Å²) in [5.41, 5.74) is 0. The van der Waals surface area contributed by atoms with Crippen molar-refractivity contribution in [1.29, 1.82) is 0 Å². The van der Waals surface area contributed by atoms with Gasteiger partial charge in [-0.1, -0.05) is 23.8 Å². The highest BCUT2D eigenvalue weighted by atomic mass is 32.2. The Kier molecular flexibility index (Phi) is 4.21. The molecular weight excluding hydrogens is 224 g/mol. The van der Waals surface area contributed by atoms with E-state index in [9.17, 15) is 0 Å². The van der Waals surface area contributed by atoms with E-state index in [1.807, 2.05) is 0 Å². The molecule has 2 heterocycles. The lowest BCUT2D eigenvalue weighted by atomic mass is 10.2. The van der Waals surface area contributed by atoms with Crippen molar-refractivity contribution in [1.82, 2.24) is 15.5 Å². The van der Waals surface area contributed by atoms with Crippen molar-refractivity contribution in [2.24, 2.45) is 4.99 Å². The molecule has 0 amide bonds. The van der Waals surface area contributed by atoms with Gasteiger partial charge in [0, 0.05) is 18.2 Å². The zero-order valence-corrected chi connectivity index (χ0v) is 10.2. The molecule has 1 atom stereocenters. The number of hydrogen-bond donors (Lipinski definition) is 1. The first-order chi connectivity index (χ1) is 7.88. The maximum absolute atomic E-state index is 4.91. The van der Waals surface area contributed by atoms with Crippen molar-refractivity contribution in [2.45, 2.75) is 32.2 Å². The molecule has 16 heavy (non-hydrogen) atoms. The van der Waals surface area contributed by atoms with Gasteiger partial charge in [0.1, 0.15) is 0 Å². The largest absolute Gasteiger partial charge is 0.362 e. The summed E-state index contributed by atoms with van der Waals surface area (Å²) in [7, 11) is 0. The van der Waals surface area contributed by atoms with Crippen LogP contribution in [0.5, 0.6) is 0 Å². The van der Waals surface area contributed by atoms with Crippen LogP contribution in [0, 0.1) is 0 Å². The molecular formula is C10H16N4OS. The summed E-state index contributed by atoms with van der Waals surface area (Å²) in [6.07, 6.45) is 4.51. The van der Waals surface area contributed by atoms with Crippen molar-refractivity contribution in [3.05, 3.63) is 12.2 Å². The zero-order chi connectivity index (χ0) is 11.2. The van der Waals surface area contributed by atoms with Crippen LogP contribution in [0.25, 0.3) is 0 Å². The van der Waals surface area contributed by atoms with Gasteiger partial charge in [-0.15, -0.1) is 0 Å². The Balaban J connectivity index is 1.78. The van der Waals surface area contributed by atoms with Crippen molar-refractivity contribution < 1.29 is 4.52 Å². The molecule has 0 aromatic carbocycles. The lowest BCUT2D eigenvalue weighted by Crippen LogP contribution is -2.37. The highest BCUT2D eigenvalue weighted by Crippen LogP contribution is 2.15. The Labute approximate surface area is 99.1 Å². The third kappa shape index (κ3) is 3.23. The van der Waals surface area contributed by atoms with Gasteiger partial charge < -0.3 is 9.84 Å². The van der Waals surface area contributed by atoms with E-state index in [-0.39, 0.29) is 0 Å². The second-order valence-electron chi connectivity index (χ2n) is 3.66. The number of aliphatic imine (C=N–C) groups is 1. The minimum Gasteiger partial charge on any atom is -0.362 e. The second kappa shape index (κ2) is 5.89. The first-order valence-corrected chi connectivity index (χ1v) is 6.56. The molecule has 0 saturated carbocycles. The Morgan fingerprint density at radius 3 is 3.38 bits per heavy atom. The van der Waals surface area contributed by atoms with Gasteiger partial charge in [0.2, 0.25) is 5.89 Å². The highest BCUT2D eigenvalue weighted by Gasteiger charge is 2.15. The van der Waals surface area contributed by atoms with E-state index in [2.05, 4.69) is 27.4 Å². The average Bonchev–Trinajstić information content (AvgIpc) is 2.82. The summed E-state index contributed by atoms with van der Waals surface area (Å²) in [4.78, 5) is 8.45. The molecule has 5 nitrogen and oxygen atoms in total. The van der Waals surface area contributed by atoms with Crippen molar-refractivity contribution in [3.8, 4) is 0 Å². The first kappa shape index (κ1) is 11.4. The van der Waals surface area contributed by atoms with Crippen LogP contribution in [-0.4, -0.2) is 33.6 Å². The summed E-state index contributed by atoms with van der Waals surface area (Å²) < 4.78 is 4.91. The standard InChI is InChI=1S/C10H16N4OS/c1-2-8-4-6-16-10(14-8)11-5-3-9-12-7-13-15-9/h7-8H,2-6H2,1H3,(H,11,14). The van der Waals surface area contributed by atoms with Crippen LogP contribution < -0.4 is 5.32 Å². The van der Waals surface area contributed by atoms with E-state index >= 15 is 0 Å². The Morgan fingerprint density at radius 1 is 1.69 bits per heavy atom. The molecule has 0 radical (unpaired) electrons. The zero-order valence-electron chi connectivity index (χ0n) is 9.35. The normalized spacial score (nSPS) is 23.3. The van der Waals surface area contributed by atoms with E-state index in [0.717, 1.165) is 17.3 Å². The van der Waals surface area contributed by atoms with Gasteiger partial charge in [0.05, 0.1) is 6.54 Å². The fourth-order valence-corrected chi connectivity index (χ4v) is 2.57. The summed E-state index contributed by atoms with van der Waals surface area (Å²) in [5, 5.41) is 8.04. The molecule has 0 aliphatic carbocycles. The number of aromatic nitrogens is 2. The molecule has 6 heteroatoms. The first-order valence-electron chi connectivity index (χ1n) is 5.58.